The molecule has 2 aromatic rings. The van der Waals surface area contributed by atoms with Gasteiger partial charge in [0.1, 0.15) is 17.3 Å². The molecule has 2 aromatic heterocycles. The fraction of sp³-hybridized carbons (Fsp3) is 0.600. The van der Waals surface area contributed by atoms with Crippen LogP contribution in [-0.2, 0) is 13.5 Å². The Labute approximate surface area is 119 Å². The fourth-order valence-electron chi connectivity index (χ4n) is 2.83. The Balaban J connectivity index is 2.16. The quantitative estimate of drug-likeness (QED) is 0.931. The lowest BCUT2D eigenvalue weighted by atomic mass is 10.1. The summed E-state index contributed by atoms with van der Waals surface area (Å²) in [5, 5.41) is 4.50. The number of aromatic nitrogens is 4. The number of rotatable bonds is 4. The van der Waals surface area contributed by atoms with Gasteiger partial charge in [0.05, 0.1) is 5.69 Å². The molecule has 5 nitrogen and oxygen atoms in total. The first-order chi connectivity index (χ1) is 9.52. The molecule has 0 bridgehead atoms. The molecule has 0 unspecified atom stereocenters. The first kappa shape index (κ1) is 13.2. The van der Waals surface area contributed by atoms with Crippen LogP contribution < -0.4 is 5.73 Å². The van der Waals surface area contributed by atoms with Crippen molar-refractivity contribution in [3.8, 4) is 11.3 Å². The molecule has 0 saturated heterocycles. The van der Waals surface area contributed by atoms with Crippen LogP contribution in [0.25, 0.3) is 11.3 Å². The van der Waals surface area contributed by atoms with Gasteiger partial charge in [-0.1, -0.05) is 6.92 Å². The zero-order valence-corrected chi connectivity index (χ0v) is 12.7. The average Bonchev–Trinajstić information content (AvgIpc) is 3.08. The molecular formula is C15H23N5. The summed E-state index contributed by atoms with van der Waals surface area (Å²) in [6, 6.07) is 0.341. The number of hydrogen-bond donors (Lipinski definition) is 1. The maximum atomic E-state index is 6.40. The van der Waals surface area contributed by atoms with Gasteiger partial charge in [-0.2, -0.15) is 5.10 Å². The predicted octanol–water partition coefficient (Wildman–Crippen LogP) is 2.89. The zero-order valence-electron chi connectivity index (χ0n) is 12.7. The summed E-state index contributed by atoms with van der Waals surface area (Å²) in [7, 11) is 1.94. The van der Waals surface area contributed by atoms with Gasteiger partial charge in [0.15, 0.2) is 0 Å². The molecule has 0 aromatic carbocycles. The normalized spacial score (nSPS) is 15.2. The third-order valence-electron chi connectivity index (χ3n) is 3.93. The standard InChI is InChI=1S/C15H23N5/c1-5-12-11(8-19(4)18-12)13-14(16)20(9(2)3)15(17-13)10-6-7-10/h8-10H,5-7,16H2,1-4H3. The first-order valence-electron chi connectivity index (χ1n) is 7.43. The highest BCUT2D eigenvalue weighted by Crippen LogP contribution is 2.43. The van der Waals surface area contributed by atoms with E-state index in [-0.39, 0.29) is 0 Å². The molecule has 1 aliphatic rings. The molecule has 2 heterocycles. The van der Waals surface area contributed by atoms with Crippen molar-refractivity contribution < 1.29 is 0 Å². The average molecular weight is 273 g/mol. The molecule has 0 radical (unpaired) electrons. The van der Waals surface area contributed by atoms with E-state index in [1.54, 1.807) is 0 Å². The SMILES string of the molecule is CCc1nn(C)cc1-c1nc(C2CC2)n(C(C)C)c1N. The molecule has 0 atom stereocenters. The Bertz CT molecular complexity index is 631. The summed E-state index contributed by atoms with van der Waals surface area (Å²) in [6.45, 7) is 6.44. The molecule has 3 rings (SSSR count). The highest BCUT2D eigenvalue weighted by atomic mass is 15.3. The maximum Gasteiger partial charge on any atom is 0.132 e. The summed E-state index contributed by atoms with van der Waals surface area (Å²) >= 11 is 0. The van der Waals surface area contributed by atoms with E-state index in [1.807, 2.05) is 17.9 Å². The summed E-state index contributed by atoms with van der Waals surface area (Å²) in [6.07, 6.45) is 5.38. The monoisotopic (exact) mass is 273 g/mol. The molecule has 0 spiro atoms. The molecule has 20 heavy (non-hydrogen) atoms. The van der Waals surface area contributed by atoms with Gasteiger partial charge in [0, 0.05) is 30.8 Å². The molecule has 1 saturated carbocycles. The van der Waals surface area contributed by atoms with E-state index in [0.717, 1.165) is 35.0 Å². The van der Waals surface area contributed by atoms with E-state index in [9.17, 15) is 0 Å². The largest absolute Gasteiger partial charge is 0.383 e. The van der Waals surface area contributed by atoms with Gasteiger partial charge in [-0.05, 0) is 33.1 Å². The van der Waals surface area contributed by atoms with Gasteiger partial charge in [0.2, 0.25) is 0 Å². The lowest BCUT2D eigenvalue weighted by Gasteiger charge is -2.13. The first-order valence-corrected chi connectivity index (χ1v) is 7.43. The Hall–Kier alpha value is -1.78. The third kappa shape index (κ3) is 2.01. The van der Waals surface area contributed by atoms with Crippen LogP contribution in [-0.4, -0.2) is 19.3 Å². The van der Waals surface area contributed by atoms with Crippen LogP contribution in [0.15, 0.2) is 6.20 Å². The van der Waals surface area contributed by atoms with Gasteiger partial charge in [-0.25, -0.2) is 4.98 Å². The minimum absolute atomic E-state index is 0.341. The van der Waals surface area contributed by atoms with Gasteiger partial charge in [-0.15, -0.1) is 0 Å². The number of nitrogen functional groups attached to an aromatic ring is 1. The highest BCUT2D eigenvalue weighted by Gasteiger charge is 2.32. The van der Waals surface area contributed by atoms with Crippen LogP contribution >= 0.6 is 0 Å². The van der Waals surface area contributed by atoms with Crippen molar-refractivity contribution in [1.82, 2.24) is 19.3 Å². The Morgan fingerprint density at radius 2 is 2.10 bits per heavy atom. The maximum absolute atomic E-state index is 6.40. The van der Waals surface area contributed by atoms with Crippen molar-refractivity contribution in [1.29, 1.82) is 0 Å². The molecule has 2 N–H and O–H groups in total. The zero-order chi connectivity index (χ0) is 14.4. The number of aryl methyl sites for hydroxylation is 2. The molecule has 5 heteroatoms. The Morgan fingerprint density at radius 1 is 1.40 bits per heavy atom. The number of nitrogens with two attached hydrogens (primary N) is 1. The van der Waals surface area contributed by atoms with Gasteiger partial charge >= 0.3 is 0 Å². The van der Waals surface area contributed by atoms with Crippen LogP contribution in [0.4, 0.5) is 5.82 Å². The molecular weight excluding hydrogens is 250 g/mol. The van der Waals surface area contributed by atoms with Crippen molar-refractivity contribution >= 4 is 5.82 Å². The third-order valence-corrected chi connectivity index (χ3v) is 3.93. The Morgan fingerprint density at radius 3 is 2.65 bits per heavy atom. The number of hydrogen-bond acceptors (Lipinski definition) is 3. The minimum atomic E-state index is 0.341. The van der Waals surface area contributed by atoms with Crippen molar-refractivity contribution in [2.75, 3.05) is 5.73 Å². The van der Waals surface area contributed by atoms with Gasteiger partial charge in [-0.3, -0.25) is 4.68 Å². The second-order valence-electron chi connectivity index (χ2n) is 5.96. The molecule has 108 valence electrons. The van der Waals surface area contributed by atoms with E-state index in [0.29, 0.717) is 12.0 Å². The smallest absolute Gasteiger partial charge is 0.132 e. The van der Waals surface area contributed by atoms with Crippen molar-refractivity contribution in [2.45, 2.75) is 52.0 Å². The predicted molar refractivity (Wildman–Crippen MR) is 80.6 cm³/mol. The topological polar surface area (TPSA) is 61.7 Å². The van der Waals surface area contributed by atoms with Crippen LogP contribution in [0.2, 0.25) is 0 Å². The minimum Gasteiger partial charge on any atom is -0.383 e. The van der Waals surface area contributed by atoms with E-state index >= 15 is 0 Å². The number of anilines is 1. The molecule has 1 aliphatic carbocycles. The number of imidazole rings is 1. The van der Waals surface area contributed by atoms with Crippen LogP contribution in [0.3, 0.4) is 0 Å². The van der Waals surface area contributed by atoms with E-state index in [1.165, 1.54) is 12.8 Å². The summed E-state index contributed by atoms with van der Waals surface area (Å²) < 4.78 is 4.04. The summed E-state index contributed by atoms with van der Waals surface area (Å²) in [5.41, 5.74) is 9.45. The Kier molecular flexibility index (Phi) is 3.07. The molecule has 0 amide bonds. The van der Waals surface area contributed by atoms with E-state index in [2.05, 4.69) is 30.4 Å². The van der Waals surface area contributed by atoms with E-state index in [4.69, 9.17) is 10.7 Å². The lowest BCUT2D eigenvalue weighted by Crippen LogP contribution is -2.08. The van der Waals surface area contributed by atoms with Crippen LogP contribution in [0.1, 0.15) is 57.1 Å². The van der Waals surface area contributed by atoms with Gasteiger partial charge < -0.3 is 10.3 Å². The van der Waals surface area contributed by atoms with E-state index < -0.39 is 0 Å². The second-order valence-corrected chi connectivity index (χ2v) is 5.96. The van der Waals surface area contributed by atoms with Crippen LogP contribution in [0, 0.1) is 0 Å². The summed E-state index contributed by atoms with van der Waals surface area (Å²) in [4.78, 5) is 4.87. The van der Waals surface area contributed by atoms with Crippen molar-refractivity contribution in [3.05, 3.63) is 17.7 Å². The van der Waals surface area contributed by atoms with Crippen LogP contribution in [0.5, 0.6) is 0 Å². The highest BCUT2D eigenvalue weighted by molar-refractivity contribution is 5.73. The molecule has 0 aliphatic heterocycles. The molecule has 1 fully saturated rings. The lowest BCUT2D eigenvalue weighted by molar-refractivity contribution is 0.576. The van der Waals surface area contributed by atoms with Crippen molar-refractivity contribution in [3.63, 3.8) is 0 Å². The fourth-order valence-corrected chi connectivity index (χ4v) is 2.83. The second kappa shape index (κ2) is 4.65. The van der Waals surface area contributed by atoms with Gasteiger partial charge in [0.25, 0.3) is 0 Å². The number of nitrogens with zero attached hydrogens (tertiary/aromatic N) is 4. The summed E-state index contributed by atoms with van der Waals surface area (Å²) in [5.74, 6) is 2.53. The van der Waals surface area contributed by atoms with Crippen molar-refractivity contribution in [2.24, 2.45) is 7.05 Å².